The summed E-state index contributed by atoms with van der Waals surface area (Å²) in [6.45, 7) is 0. The number of ketones is 1. The summed E-state index contributed by atoms with van der Waals surface area (Å²) in [5.41, 5.74) is -0.127. The van der Waals surface area contributed by atoms with Crippen LogP contribution in [-0.4, -0.2) is 5.78 Å². The molecule has 21 heavy (non-hydrogen) atoms. The summed E-state index contributed by atoms with van der Waals surface area (Å²) in [5, 5.41) is 8.82. The second kappa shape index (κ2) is 5.98. The van der Waals surface area contributed by atoms with Gasteiger partial charge < -0.3 is 0 Å². The van der Waals surface area contributed by atoms with Gasteiger partial charge in [0, 0.05) is 11.6 Å². The van der Waals surface area contributed by atoms with Crippen molar-refractivity contribution in [2.45, 2.75) is 5.92 Å². The van der Waals surface area contributed by atoms with Crippen molar-refractivity contribution in [3.8, 4) is 6.07 Å². The van der Waals surface area contributed by atoms with Gasteiger partial charge in [-0.1, -0.05) is 11.6 Å². The van der Waals surface area contributed by atoms with Gasteiger partial charge in [-0.3, -0.25) is 4.79 Å². The highest BCUT2D eigenvalue weighted by atomic mass is 35.5. The van der Waals surface area contributed by atoms with Crippen LogP contribution in [0.5, 0.6) is 0 Å². The fraction of sp³-hybridized carbons (Fsp3) is 0.0667. The molecule has 0 aromatic heterocycles. The summed E-state index contributed by atoms with van der Waals surface area (Å²) in [5.74, 6) is -4.62. The van der Waals surface area contributed by atoms with Crippen LogP contribution in [0.1, 0.15) is 21.8 Å². The van der Waals surface area contributed by atoms with Gasteiger partial charge in [-0.15, -0.1) is 0 Å². The number of hydrogen-bond acceptors (Lipinski definition) is 2. The number of nitriles is 1. The molecule has 6 heteroatoms. The summed E-state index contributed by atoms with van der Waals surface area (Å²) in [7, 11) is 0. The highest BCUT2D eigenvalue weighted by Crippen LogP contribution is 2.24. The van der Waals surface area contributed by atoms with Gasteiger partial charge in [0.05, 0.1) is 11.1 Å². The van der Waals surface area contributed by atoms with Gasteiger partial charge in [0.2, 0.25) is 0 Å². The summed E-state index contributed by atoms with van der Waals surface area (Å²) >= 11 is 5.57. The first-order chi connectivity index (χ1) is 9.92. The van der Waals surface area contributed by atoms with Crippen LogP contribution in [0.15, 0.2) is 36.4 Å². The van der Waals surface area contributed by atoms with E-state index < -0.39 is 29.2 Å². The summed E-state index contributed by atoms with van der Waals surface area (Å²) in [6, 6.07) is 7.33. The molecule has 0 heterocycles. The third kappa shape index (κ3) is 3.23. The molecule has 0 aliphatic heterocycles. The molecular weight excluding hydrogens is 303 g/mol. The summed E-state index contributed by atoms with van der Waals surface area (Å²) in [4.78, 5) is 12.2. The Labute approximate surface area is 123 Å². The van der Waals surface area contributed by atoms with Crippen molar-refractivity contribution in [2.24, 2.45) is 0 Å². The number of Topliss-reactive ketones (excluding diaryl/α,β-unsaturated/α-hetero) is 1. The minimum atomic E-state index is -1.41. The molecule has 0 spiro atoms. The molecule has 2 aromatic carbocycles. The van der Waals surface area contributed by atoms with E-state index in [0.29, 0.717) is 6.07 Å². The van der Waals surface area contributed by atoms with Gasteiger partial charge >= 0.3 is 0 Å². The molecule has 0 fully saturated rings. The van der Waals surface area contributed by atoms with Crippen molar-refractivity contribution < 1.29 is 18.0 Å². The normalized spacial score (nSPS) is 11.8. The van der Waals surface area contributed by atoms with E-state index in [1.165, 1.54) is 0 Å². The van der Waals surface area contributed by atoms with Crippen LogP contribution in [0.4, 0.5) is 13.2 Å². The monoisotopic (exact) mass is 309 g/mol. The molecular formula is C15H7ClF3NO. The van der Waals surface area contributed by atoms with Crippen molar-refractivity contribution in [2.75, 3.05) is 0 Å². The van der Waals surface area contributed by atoms with Gasteiger partial charge in [-0.05, 0) is 35.9 Å². The molecule has 0 bridgehead atoms. The summed E-state index contributed by atoms with van der Waals surface area (Å²) in [6.07, 6.45) is 0. The average Bonchev–Trinajstić information content (AvgIpc) is 2.41. The van der Waals surface area contributed by atoms with Crippen LogP contribution < -0.4 is 0 Å². The van der Waals surface area contributed by atoms with E-state index in [-0.39, 0.29) is 16.1 Å². The van der Waals surface area contributed by atoms with E-state index in [1.807, 2.05) is 0 Å². The molecule has 0 amide bonds. The quantitative estimate of drug-likeness (QED) is 0.795. The van der Waals surface area contributed by atoms with Crippen molar-refractivity contribution in [3.63, 3.8) is 0 Å². The zero-order chi connectivity index (χ0) is 15.6. The minimum absolute atomic E-state index is 0.0161. The van der Waals surface area contributed by atoms with Crippen LogP contribution in [-0.2, 0) is 0 Å². The lowest BCUT2D eigenvalue weighted by Crippen LogP contribution is -2.12. The van der Waals surface area contributed by atoms with Crippen LogP contribution in [0.2, 0.25) is 5.02 Å². The number of benzene rings is 2. The van der Waals surface area contributed by atoms with Crippen LogP contribution in [0.25, 0.3) is 0 Å². The molecule has 2 aromatic rings. The Hall–Kier alpha value is -2.32. The number of rotatable bonds is 3. The van der Waals surface area contributed by atoms with Gasteiger partial charge in [-0.25, -0.2) is 13.2 Å². The Morgan fingerprint density at radius 3 is 2.24 bits per heavy atom. The average molecular weight is 310 g/mol. The van der Waals surface area contributed by atoms with E-state index >= 15 is 0 Å². The van der Waals surface area contributed by atoms with E-state index in [0.717, 1.165) is 30.3 Å². The van der Waals surface area contributed by atoms with Crippen molar-refractivity contribution >= 4 is 17.4 Å². The van der Waals surface area contributed by atoms with Crippen molar-refractivity contribution in [3.05, 3.63) is 70.0 Å². The maximum atomic E-state index is 13.2. The van der Waals surface area contributed by atoms with Crippen LogP contribution >= 0.6 is 11.6 Å². The number of nitrogens with zero attached hydrogens (tertiary/aromatic N) is 1. The molecule has 0 radical (unpaired) electrons. The van der Waals surface area contributed by atoms with E-state index in [2.05, 4.69) is 0 Å². The molecule has 2 rings (SSSR count). The Morgan fingerprint density at radius 2 is 1.71 bits per heavy atom. The first-order valence-electron chi connectivity index (χ1n) is 5.77. The van der Waals surface area contributed by atoms with Crippen molar-refractivity contribution in [1.29, 1.82) is 5.26 Å². The standard InChI is InChI=1S/C15H7ClF3NO/c16-13-5-8(1-2-14(13)19)15(21)12(7-20)9-3-10(17)6-11(18)4-9/h1-6,12H. The predicted octanol–water partition coefficient (Wildman–Crippen LogP) is 4.25. The smallest absolute Gasteiger partial charge is 0.184 e. The highest BCUT2D eigenvalue weighted by molar-refractivity contribution is 6.31. The number of halogens is 4. The second-order valence-electron chi connectivity index (χ2n) is 4.26. The van der Waals surface area contributed by atoms with Gasteiger partial charge in [0.25, 0.3) is 0 Å². The summed E-state index contributed by atoms with van der Waals surface area (Å²) < 4.78 is 39.4. The predicted molar refractivity (Wildman–Crippen MR) is 70.5 cm³/mol. The fourth-order valence-electron chi connectivity index (χ4n) is 1.84. The third-order valence-electron chi connectivity index (χ3n) is 2.81. The largest absolute Gasteiger partial charge is 0.292 e. The maximum absolute atomic E-state index is 13.2. The van der Waals surface area contributed by atoms with E-state index in [4.69, 9.17) is 16.9 Å². The lowest BCUT2D eigenvalue weighted by atomic mass is 9.91. The third-order valence-corrected chi connectivity index (χ3v) is 3.10. The van der Waals surface area contributed by atoms with Gasteiger partial charge in [-0.2, -0.15) is 5.26 Å². The highest BCUT2D eigenvalue weighted by Gasteiger charge is 2.23. The number of hydrogen-bond donors (Lipinski definition) is 0. The van der Waals surface area contributed by atoms with Crippen molar-refractivity contribution in [1.82, 2.24) is 0 Å². The first kappa shape index (κ1) is 15.1. The molecule has 0 aliphatic carbocycles. The lowest BCUT2D eigenvalue weighted by Gasteiger charge is -2.09. The molecule has 1 unspecified atom stereocenters. The van der Waals surface area contributed by atoms with Crippen LogP contribution in [0.3, 0.4) is 0 Å². The molecule has 1 atom stereocenters. The number of carbonyl (C=O) groups excluding carboxylic acids is 1. The Bertz CT molecular complexity index is 735. The zero-order valence-corrected chi connectivity index (χ0v) is 11.2. The molecule has 0 N–H and O–H groups in total. The van der Waals surface area contributed by atoms with E-state index in [1.54, 1.807) is 6.07 Å². The minimum Gasteiger partial charge on any atom is -0.292 e. The van der Waals surface area contributed by atoms with E-state index in [9.17, 15) is 18.0 Å². The molecule has 0 saturated carbocycles. The Balaban J connectivity index is 2.43. The Kier molecular flexibility index (Phi) is 4.29. The topological polar surface area (TPSA) is 40.9 Å². The molecule has 106 valence electrons. The second-order valence-corrected chi connectivity index (χ2v) is 4.67. The van der Waals surface area contributed by atoms with Gasteiger partial charge in [0.15, 0.2) is 5.78 Å². The Morgan fingerprint density at radius 1 is 1.10 bits per heavy atom. The number of carbonyl (C=O) groups is 1. The molecule has 0 saturated heterocycles. The fourth-order valence-corrected chi connectivity index (χ4v) is 2.02. The maximum Gasteiger partial charge on any atom is 0.184 e. The molecule has 0 aliphatic rings. The lowest BCUT2D eigenvalue weighted by molar-refractivity contribution is 0.0978. The SMILES string of the molecule is N#CC(C(=O)c1ccc(F)c(Cl)c1)c1cc(F)cc(F)c1. The zero-order valence-electron chi connectivity index (χ0n) is 10.4. The van der Waals surface area contributed by atoms with Gasteiger partial charge in [0.1, 0.15) is 23.4 Å². The first-order valence-corrected chi connectivity index (χ1v) is 6.15. The van der Waals surface area contributed by atoms with Crippen LogP contribution in [0, 0.1) is 28.8 Å². The molecule has 2 nitrogen and oxygen atoms in total.